The van der Waals surface area contributed by atoms with E-state index >= 15 is 0 Å². The van der Waals surface area contributed by atoms with Gasteiger partial charge in [-0.2, -0.15) is 0 Å². The average molecular weight is 349 g/mol. The summed E-state index contributed by atoms with van der Waals surface area (Å²) in [6.07, 6.45) is 1.51. The predicted octanol–water partition coefficient (Wildman–Crippen LogP) is 2.85. The van der Waals surface area contributed by atoms with Crippen molar-refractivity contribution in [1.29, 1.82) is 0 Å². The number of nitrogens with zero attached hydrogens (tertiary/aromatic N) is 3. The Labute approximate surface area is 142 Å². The number of halogens is 2. The zero-order chi connectivity index (χ0) is 17.1. The van der Waals surface area contributed by atoms with Crippen LogP contribution >= 0.6 is 11.6 Å². The van der Waals surface area contributed by atoms with Crippen LogP contribution in [-0.2, 0) is 6.54 Å². The molecule has 3 aromatic rings. The fourth-order valence-corrected chi connectivity index (χ4v) is 2.36. The normalized spacial score (nSPS) is 10.8. The van der Waals surface area contributed by atoms with Crippen LogP contribution in [0.5, 0.6) is 5.88 Å². The van der Waals surface area contributed by atoms with E-state index in [-0.39, 0.29) is 23.2 Å². The van der Waals surface area contributed by atoms with Crippen LogP contribution in [0.4, 0.5) is 4.39 Å². The number of amides is 1. The molecular formula is C16H14ClFN4O2. The quantitative estimate of drug-likeness (QED) is 0.769. The van der Waals surface area contributed by atoms with Crippen LogP contribution in [0, 0.1) is 5.82 Å². The number of benzene rings is 1. The molecule has 0 unspecified atom stereocenters. The molecule has 0 atom stereocenters. The van der Waals surface area contributed by atoms with Gasteiger partial charge in [0.25, 0.3) is 5.91 Å². The Morgan fingerprint density at radius 1 is 1.38 bits per heavy atom. The first-order chi connectivity index (χ1) is 11.6. The molecule has 124 valence electrons. The lowest BCUT2D eigenvalue weighted by Gasteiger charge is -2.05. The van der Waals surface area contributed by atoms with Crippen LogP contribution in [-0.4, -0.2) is 27.1 Å². The molecule has 0 aliphatic carbocycles. The van der Waals surface area contributed by atoms with Gasteiger partial charge in [0, 0.05) is 17.6 Å². The van der Waals surface area contributed by atoms with E-state index in [1.807, 2.05) is 6.92 Å². The van der Waals surface area contributed by atoms with Crippen LogP contribution in [0.25, 0.3) is 5.65 Å². The Kier molecular flexibility index (Phi) is 4.61. The monoisotopic (exact) mass is 348 g/mol. The molecule has 24 heavy (non-hydrogen) atoms. The van der Waals surface area contributed by atoms with Gasteiger partial charge in [0.1, 0.15) is 11.5 Å². The number of aromatic nitrogens is 3. The minimum absolute atomic E-state index is 0.170. The van der Waals surface area contributed by atoms with Crippen molar-refractivity contribution in [3.8, 4) is 5.88 Å². The molecule has 2 aromatic heterocycles. The molecule has 0 radical (unpaired) electrons. The topological polar surface area (TPSA) is 68.5 Å². The standard InChI is InChI=1S/C16H14ClFN4O2/c1-2-24-15-6-5-14-20-13(9-22(14)21-15)16(23)19-8-10-3-4-11(18)7-12(10)17/h3-7,9H,2,8H2,1H3,(H,19,23). The van der Waals surface area contributed by atoms with Crippen molar-refractivity contribution in [1.82, 2.24) is 19.9 Å². The van der Waals surface area contributed by atoms with Gasteiger partial charge in [-0.1, -0.05) is 17.7 Å². The van der Waals surface area contributed by atoms with Crippen LogP contribution in [0.15, 0.2) is 36.5 Å². The summed E-state index contributed by atoms with van der Waals surface area (Å²) >= 11 is 5.94. The largest absolute Gasteiger partial charge is 0.477 e. The highest BCUT2D eigenvalue weighted by Gasteiger charge is 2.12. The van der Waals surface area contributed by atoms with E-state index in [0.717, 1.165) is 0 Å². The smallest absolute Gasteiger partial charge is 0.271 e. The van der Waals surface area contributed by atoms with Crippen molar-refractivity contribution in [2.75, 3.05) is 6.61 Å². The van der Waals surface area contributed by atoms with Gasteiger partial charge in [-0.15, -0.1) is 5.10 Å². The SMILES string of the molecule is CCOc1ccc2nc(C(=O)NCc3ccc(F)cc3Cl)cn2n1. The number of nitrogens with one attached hydrogen (secondary N) is 1. The molecule has 0 saturated carbocycles. The number of carbonyl (C=O) groups excluding carboxylic acids is 1. The predicted molar refractivity (Wildman–Crippen MR) is 86.7 cm³/mol. The third-order valence-corrected chi connectivity index (χ3v) is 3.63. The fraction of sp³-hybridized carbons (Fsp3) is 0.188. The summed E-state index contributed by atoms with van der Waals surface area (Å²) in [5.74, 6) is -0.349. The van der Waals surface area contributed by atoms with Gasteiger partial charge in [0.2, 0.25) is 5.88 Å². The number of carbonyl (C=O) groups is 1. The average Bonchev–Trinajstić information content (AvgIpc) is 2.97. The Morgan fingerprint density at radius 2 is 2.21 bits per heavy atom. The lowest BCUT2D eigenvalue weighted by Crippen LogP contribution is -2.23. The number of hydrogen-bond acceptors (Lipinski definition) is 4. The number of hydrogen-bond donors (Lipinski definition) is 1. The van der Waals surface area contributed by atoms with E-state index in [1.165, 1.54) is 28.9 Å². The van der Waals surface area contributed by atoms with E-state index in [0.29, 0.717) is 23.7 Å². The molecule has 1 aromatic carbocycles. The molecule has 3 rings (SSSR count). The molecule has 0 bridgehead atoms. The summed E-state index contributed by atoms with van der Waals surface area (Å²) in [5, 5.41) is 7.15. The van der Waals surface area contributed by atoms with Gasteiger partial charge in [-0.05, 0) is 30.7 Å². The maximum atomic E-state index is 13.0. The second kappa shape index (κ2) is 6.84. The van der Waals surface area contributed by atoms with Crippen molar-refractivity contribution < 1.29 is 13.9 Å². The molecule has 6 nitrogen and oxygen atoms in total. The molecule has 0 fully saturated rings. The third kappa shape index (κ3) is 3.46. The minimum atomic E-state index is -0.424. The lowest BCUT2D eigenvalue weighted by molar-refractivity contribution is 0.0946. The third-order valence-electron chi connectivity index (χ3n) is 3.27. The van der Waals surface area contributed by atoms with Crippen molar-refractivity contribution >= 4 is 23.2 Å². The molecular weight excluding hydrogens is 335 g/mol. The first kappa shape index (κ1) is 16.2. The highest BCUT2D eigenvalue weighted by molar-refractivity contribution is 6.31. The van der Waals surface area contributed by atoms with Crippen LogP contribution in [0.2, 0.25) is 5.02 Å². The Bertz CT molecular complexity index is 897. The molecule has 0 spiro atoms. The Morgan fingerprint density at radius 3 is 2.96 bits per heavy atom. The van der Waals surface area contributed by atoms with E-state index in [1.54, 1.807) is 12.1 Å². The highest BCUT2D eigenvalue weighted by Crippen LogP contribution is 2.17. The van der Waals surface area contributed by atoms with Gasteiger partial charge < -0.3 is 10.1 Å². The van der Waals surface area contributed by atoms with E-state index < -0.39 is 5.82 Å². The summed E-state index contributed by atoms with van der Waals surface area (Å²) in [6.45, 7) is 2.53. The van der Waals surface area contributed by atoms with Gasteiger partial charge in [0.15, 0.2) is 5.65 Å². The Balaban J connectivity index is 1.73. The molecule has 0 aliphatic heterocycles. The molecule has 0 saturated heterocycles. The number of fused-ring (bicyclic) bond motifs is 1. The number of ether oxygens (including phenoxy) is 1. The minimum Gasteiger partial charge on any atom is -0.477 e. The first-order valence-corrected chi connectivity index (χ1v) is 7.66. The van der Waals surface area contributed by atoms with Gasteiger partial charge in [-0.25, -0.2) is 13.9 Å². The summed E-state index contributed by atoms with van der Waals surface area (Å²) < 4.78 is 19.8. The second-order valence-corrected chi connectivity index (χ2v) is 5.36. The van der Waals surface area contributed by atoms with Crippen molar-refractivity contribution in [3.05, 3.63) is 58.6 Å². The van der Waals surface area contributed by atoms with Crippen molar-refractivity contribution in [2.45, 2.75) is 13.5 Å². The van der Waals surface area contributed by atoms with E-state index in [9.17, 15) is 9.18 Å². The maximum absolute atomic E-state index is 13.0. The molecule has 8 heteroatoms. The molecule has 1 amide bonds. The summed E-state index contributed by atoms with van der Waals surface area (Å²) in [5.41, 5.74) is 1.37. The zero-order valence-corrected chi connectivity index (χ0v) is 13.5. The fourth-order valence-electron chi connectivity index (χ4n) is 2.13. The summed E-state index contributed by atoms with van der Waals surface area (Å²) in [4.78, 5) is 16.4. The van der Waals surface area contributed by atoms with Crippen molar-refractivity contribution in [3.63, 3.8) is 0 Å². The van der Waals surface area contributed by atoms with E-state index in [4.69, 9.17) is 16.3 Å². The van der Waals surface area contributed by atoms with Crippen LogP contribution in [0.3, 0.4) is 0 Å². The Hall–Kier alpha value is -2.67. The maximum Gasteiger partial charge on any atom is 0.271 e. The summed E-state index contributed by atoms with van der Waals surface area (Å²) in [6, 6.07) is 7.42. The molecule has 1 N–H and O–H groups in total. The van der Waals surface area contributed by atoms with Crippen molar-refractivity contribution in [2.24, 2.45) is 0 Å². The highest BCUT2D eigenvalue weighted by atomic mass is 35.5. The van der Waals surface area contributed by atoms with Crippen LogP contribution < -0.4 is 10.1 Å². The molecule has 2 heterocycles. The second-order valence-electron chi connectivity index (χ2n) is 4.95. The molecule has 0 aliphatic rings. The summed E-state index contributed by atoms with van der Waals surface area (Å²) in [7, 11) is 0. The van der Waals surface area contributed by atoms with Gasteiger partial charge in [0.05, 0.1) is 12.8 Å². The van der Waals surface area contributed by atoms with Gasteiger partial charge >= 0.3 is 0 Å². The first-order valence-electron chi connectivity index (χ1n) is 7.28. The number of rotatable bonds is 5. The lowest BCUT2D eigenvalue weighted by atomic mass is 10.2. The van der Waals surface area contributed by atoms with E-state index in [2.05, 4.69) is 15.4 Å². The zero-order valence-electron chi connectivity index (χ0n) is 12.8. The van der Waals surface area contributed by atoms with Crippen LogP contribution in [0.1, 0.15) is 23.0 Å². The number of imidazole rings is 1. The van der Waals surface area contributed by atoms with Gasteiger partial charge in [-0.3, -0.25) is 4.79 Å².